The average molecular weight is 304 g/mol. The summed E-state index contributed by atoms with van der Waals surface area (Å²) in [7, 11) is 0. The first-order chi connectivity index (χ1) is 9.14. The summed E-state index contributed by atoms with van der Waals surface area (Å²) in [6, 6.07) is 5.05. The summed E-state index contributed by atoms with van der Waals surface area (Å²) < 4.78 is 10.4. The van der Waals surface area contributed by atoms with E-state index in [1.165, 1.54) is 0 Å². The van der Waals surface area contributed by atoms with Gasteiger partial charge in [0.1, 0.15) is 0 Å². The van der Waals surface area contributed by atoms with E-state index < -0.39 is 5.54 Å². The van der Waals surface area contributed by atoms with Crippen LogP contribution < -0.4 is 14.8 Å². The van der Waals surface area contributed by atoms with Crippen molar-refractivity contribution >= 4 is 29.1 Å². The molecule has 1 aliphatic rings. The van der Waals surface area contributed by atoms with Crippen LogP contribution in [0.2, 0.25) is 0 Å². The van der Waals surface area contributed by atoms with Gasteiger partial charge in [0.25, 0.3) is 5.91 Å². The minimum Gasteiger partial charge on any atom is -0.454 e. The molecule has 2 rings (SSSR count). The molecule has 1 aromatic rings. The molecule has 1 amide bonds. The van der Waals surface area contributed by atoms with Crippen molar-refractivity contribution in [1.29, 1.82) is 0 Å². The maximum atomic E-state index is 12.2. The minimum absolute atomic E-state index is 0.183. The highest BCUT2D eigenvalue weighted by Crippen LogP contribution is 2.32. The summed E-state index contributed by atoms with van der Waals surface area (Å²) in [5.41, 5.74) is -0.0892. The lowest BCUT2D eigenvalue weighted by Crippen LogP contribution is -2.51. The van der Waals surface area contributed by atoms with Crippen LogP contribution >= 0.6 is 23.2 Å². The fourth-order valence-corrected chi connectivity index (χ4v) is 2.53. The topological polar surface area (TPSA) is 47.6 Å². The molecule has 0 aliphatic carbocycles. The monoisotopic (exact) mass is 303 g/mol. The molecule has 0 aromatic heterocycles. The molecule has 104 valence electrons. The molecule has 0 radical (unpaired) electrons. The van der Waals surface area contributed by atoms with E-state index in [0.29, 0.717) is 23.5 Å². The standard InChI is InChI=1S/C13H15Cl2NO3/c1-2-13(6-14,7-15)16-12(17)9-3-4-10-11(5-9)19-8-18-10/h3-5H,2,6-8H2,1H3,(H,16,17). The summed E-state index contributed by atoms with van der Waals surface area (Å²) in [5, 5.41) is 2.89. The summed E-state index contributed by atoms with van der Waals surface area (Å²) in [6.45, 7) is 2.12. The Bertz CT molecular complexity index is 467. The number of fused-ring (bicyclic) bond motifs is 1. The highest BCUT2D eigenvalue weighted by atomic mass is 35.5. The number of hydrogen-bond donors (Lipinski definition) is 1. The van der Waals surface area contributed by atoms with Gasteiger partial charge in [-0.15, -0.1) is 23.2 Å². The lowest BCUT2D eigenvalue weighted by atomic mass is 10.0. The third-order valence-corrected chi connectivity index (χ3v) is 4.23. The second kappa shape index (κ2) is 5.88. The van der Waals surface area contributed by atoms with Crippen LogP contribution in [0.5, 0.6) is 11.5 Å². The van der Waals surface area contributed by atoms with Gasteiger partial charge in [-0.05, 0) is 24.6 Å². The zero-order valence-corrected chi connectivity index (χ0v) is 12.1. The zero-order chi connectivity index (χ0) is 13.9. The molecule has 1 aromatic carbocycles. The molecule has 6 heteroatoms. The van der Waals surface area contributed by atoms with E-state index in [2.05, 4.69) is 5.32 Å². The van der Waals surface area contributed by atoms with E-state index in [-0.39, 0.29) is 24.5 Å². The van der Waals surface area contributed by atoms with Crippen molar-refractivity contribution in [1.82, 2.24) is 5.32 Å². The van der Waals surface area contributed by atoms with E-state index in [9.17, 15) is 4.79 Å². The van der Waals surface area contributed by atoms with E-state index in [1.54, 1.807) is 18.2 Å². The molecule has 1 aliphatic heterocycles. The molecule has 1 heterocycles. The van der Waals surface area contributed by atoms with Gasteiger partial charge >= 0.3 is 0 Å². The number of alkyl halides is 2. The SMILES string of the molecule is CCC(CCl)(CCl)NC(=O)c1ccc2c(c1)OCO2. The largest absolute Gasteiger partial charge is 0.454 e. The molecular weight excluding hydrogens is 289 g/mol. The van der Waals surface area contributed by atoms with Gasteiger partial charge in [-0.1, -0.05) is 6.92 Å². The number of rotatable bonds is 5. The normalized spacial score (nSPS) is 13.4. The fourth-order valence-electron chi connectivity index (χ4n) is 1.73. The molecule has 0 saturated carbocycles. The van der Waals surface area contributed by atoms with E-state index >= 15 is 0 Å². The minimum atomic E-state index is -0.587. The molecule has 0 atom stereocenters. The van der Waals surface area contributed by atoms with Gasteiger partial charge in [0.05, 0.1) is 5.54 Å². The van der Waals surface area contributed by atoms with Gasteiger partial charge in [-0.25, -0.2) is 0 Å². The van der Waals surface area contributed by atoms with Gasteiger partial charge in [0.15, 0.2) is 11.5 Å². The Kier molecular flexibility index (Phi) is 4.42. The van der Waals surface area contributed by atoms with Crippen LogP contribution in [0.15, 0.2) is 18.2 Å². The molecule has 19 heavy (non-hydrogen) atoms. The Morgan fingerprint density at radius 3 is 2.63 bits per heavy atom. The molecule has 4 nitrogen and oxygen atoms in total. The summed E-state index contributed by atoms with van der Waals surface area (Å²) >= 11 is 11.8. The smallest absolute Gasteiger partial charge is 0.251 e. The van der Waals surface area contributed by atoms with Crippen molar-refractivity contribution in [3.63, 3.8) is 0 Å². The maximum Gasteiger partial charge on any atom is 0.251 e. The van der Waals surface area contributed by atoms with Gasteiger partial charge in [-0.2, -0.15) is 0 Å². The van der Waals surface area contributed by atoms with Gasteiger partial charge in [0.2, 0.25) is 6.79 Å². The van der Waals surface area contributed by atoms with Gasteiger partial charge < -0.3 is 14.8 Å². The molecule has 0 fully saturated rings. The van der Waals surface area contributed by atoms with Crippen molar-refractivity contribution in [3.05, 3.63) is 23.8 Å². The van der Waals surface area contributed by atoms with Crippen molar-refractivity contribution in [3.8, 4) is 11.5 Å². The average Bonchev–Trinajstić information content (AvgIpc) is 2.92. The summed E-state index contributed by atoms with van der Waals surface area (Å²) in [6.07, 6.45) is 0.663. The number of benzene rings is 1. The highest BCUT2D eigenvalue weighted by Gasteiger charge is 2.29. The number of amides is 1. The van der Waals surface area contributed by atoms with Crippen LogP contribution in [0.25, 0.3) is 0 Å². The first-order valence-corrected chi connectivity index (χ1v) is 7.05. The molecule has 0 saturated heterocycles. The van der Waals surface area contributed by atoms with Crippen molar-refractivity contribution in [2.45, 2.75) is 18.9 Å². The first kappa shape index (κ1) is 14.3. The maximum absolute atomic E-state index is 12.2. The van der Waals surface area contributed by atoms with Gasteiger partial charge in [0, 0.05) is 17.3 Å². The quantitative estimate of drug-likeness (QED) is 0.851. The number of halogens is 2. The summed E-state index contributed by atoms with van der Waals surface area (Å²) in [5.74, 6) is 1.54. The molecule has 0 bridgehead atoms. The van der Waals surface area contributed by atoms with E-state index in [4.69, 9.17) is 32.7 Å². The number of carbonyl (C=O) groups is 1. The third-order valence-electron chi connectivity index (χ3n) is 3.20. The Hall–Kier alpha value is -1.13. The Balaban J connectivity index is 2.16. The number of ether oxygens (including phenoxy) is 2. The number of hydrogen-bond acceptors (Lipinski definition) is 3. The van der Waals surface area contributed by atoms with Crippen LogP contribution in [0.4, 0.5) is 0 Å². The lowest BCUT2D eigenvalue weighted by molar-refractivity contribution is 0.0913. The second-order valence-electron chi connectivity index (χ2n) is 4.42. The van der Waals surface area contributed by atoms with Crippen LogP contribution in [0.1, 0.15) is 23.7 Å². The van der Waals surface area contributed by atoms with Gasteiger partial charge in [-0.3, -0.25) is 4.79 Å². The Morgan fingerprint density at radius 1 is 1.32 bits per heavy atom. The third kappa shape index (κ3) is 2.90. The van der Waals surface area contributed by atoms with E-state index in [0.717, 1.165) is 0 Å². The van der Waals surface area contributed by atoms with Crippen LogP contribution in [0, 0.1) is 0 Å². The Labute approximate surface area is 122 Å². The number of nitrogens with one attached hydrogen (secondary N) is 1. The van der Waals surface area contributed by atoms with Crippen LogP contribution in [-0.2, 0) is 0 Å². The predicted molar refractivity (Wildman–Crippen MR) is 74.5 cm³/mol. The fraction of sp³-hybridized carbons (Fsp3) is 0.462. The lowest BCUT2D eigenvalue weighted by Gasteiger charge is -2.29. The van der Waals surface area contributed by atoms with Crippen LogP contribution in [-0.4, -0.2) is 30.0 Å². The predicted octanol–water partition coefficient (Wildman–Crippen LogP) is 2.77. The van der Waals surface area contributed by atoms with Crippen molar-refractivity contribution in [2.24, 2.45) is 0 Å². The highest BCUT2D eigenvalue weighted by molar-refractivity contribution is 6.22. The zero-order valence-electron chi connectivity index (χ0n) is 10.5. The second-order valence-corrected chi connectivity index (χ2v) is 4.96. The first-order valence-electron chi connectivity index (χ1n) is 5.98. The molecule has 1 N–H and O–H groups in total. The molecule has 0 unspecified atom stereocenters. The van der Waals surface area contributed by atoms with Crippen molar-refractivity contribution < 1.29 is 14.3 Å². The number of carbonyl (C=O) groups excluding carboxylic acids is 1. The van der Waals surface area contributed by atoms with Crippen LogP contribution in [0.3, 0.4) is 0 Å². The molecular formula is C13H15Cl2NO3. The van der Waals surface area contributed by atoms with Crippen molar-refractivity contribution in [2.75, 3.05) is 18.6 Å². The summed E-state index contributed by atoms with van der Waals surface area (Å²) in [4.78, 5) is 12.2. The van der Waals surface area contributed by atoms with E-state index in [1.807, 2.05) is 6.92 Å². The Morgan fingerprint density at radius 2 is 2.00 bits per heavy atom. The molecule has 0 spiro atoms.